The molecule has 0 aliphatic rings. The van der Waals surface area contributed by atoms with Crippen molar-refractivity contribution in [2.75, 3.05) is 10.6 Å². The molecule has 2 aromatic carbocycles. The minimum absolute atomic E-state index is 0.0905. The largest absolute Gasteiger partial charge is 0.416 e. The molecule has 0 saturated carbocycles. The summed E-state index contributed by atoms with van der Waals surface area (Å²) in [6, 6.07) is 7.11. The highest BCUT2D eigenvalue weighted by Gasteiger charge is 2.31. The average molecular weight is 391 g/mol. The van der Waals surface area contributed by atoms with E-state index in [4.69, 9.17) is 0 Å². The Labute approximate surface area is 155 Å². The molecule has 2 amide bonds. The van der Waals surface area contributed by atoms with Crippen LogP contribution in [0.5, 0.6) is 0 Å². The van der Waals surface area contributed by atoms with E-state index in [1.54, 1.807) is 0 Å². The van der Waals surface area contributed by atoms with Crippen LogP contribution in [-0.2, 0) is 6.18 Å². The standard InChI is InChI=1S/C17H12F3N5O3/c18-17(19,20)11-1-6-15(24-8-7-21-10-24)14(9-11)23-16(26)22-12-2-4-13(5-3-12)25(27)28/h1-10H,(H2,22,23,26). The molecule has 0 saturated heterocycles. The van der Waals surface area contributed by atoms with Crippen molar-refractivity contribution < 1.29 is 22.9 Å². The number of urea groups is 1. The number of nitro groups is 1. The summed E-state index contributed by atoms with van der Waals surface area (Å²) in [6.45, 7) is 0. The second-order valence-corrected chi connectivity index (χ2v) is 5.58. The zero-order valence-corrected chi connectivity index (χ0v) is 14.0. The first-order valence-electron chi connectivity index (χ1n) is 7.76. The SMILES string of the molecule is O=C(Nc1ccc([N+](=O)[O-])cc1)Nc1cc(C(F)(F)F)ccc1-n1ccnc1. The number of carbonyl (C=O) groups excluding carboxylic acids is 1. The lowest BCUT2D eigenvalue weighted by Gasteiger charge is -2.15. The minimum Gasteiger partial charge on any atom is -0.308 e. The molecule has 11 heteroatoms. The quantitative estimate of drug-likeness (QED) is 0.507. The third kappa shape index (κ3) is 4.26. The number of nitrogens with zero attached hydrogens (tertiary/aromatic N) is 3. The van der Waals surface area contributed by atoms with Crippen molar-refractivity contribution in [3.63, 3.8) is 0 Å². The van der Waals surface area contributed by atoms with Gasteiger partial charge in [-0.05, 0) is 30.3 Å². The Morgan fingerprint density at radius 3 is 2.39 bits per heavy atom. The third-order valence-electron chi connectivity index (χ3n) is 3.69. The highest BCUT2D eigenvalue weighted by atomic mass is 19.4. The maximum Gasteiger partial charge on any atom is 0.416 e. The maximum absolute atomic E-state index is 13.0. The Morgan fingerprint density at radius 2 is 1.82 bits per heavy atom. The Hall–Kier alpha value is -3.89. The van der Waals surface area contributed by atoms with Gasteiger partial charge in [-0.15, -0.1) is 0 Å². The fourth-order valence-corrected chi connectivity index (χ4v) is 2.39. The van der Waals surface area contributed by atoms with Gasteiger partial charge in [0.1, 0.15) is 0 Å². The van der Waals surface area contributed by atoms with Crippen LogP contribution < -0.4 is 10.6 Å². The van der Waals surface area contributed by atoms with E-state index < -0.39 is 22.7 Å². The summed E-state index contributed by atoms with van der Waals surface area (Å²) in [5, 5.41) is 15.4. The highest BCUT2D eigenvalue weighted by Crippen LogP contribution is 2.33. The molecule has 0 atom stereocenters. The van der Waals surface area contributed by atoms with Crippen LogP contribution in [0.25, 0.3) is 5.69 Å². The van der Waals surface area contributed by atoms with Crippen LogP contribution in [0.15, 0.2) is 61.2 Å². The lowest BCUT2D eigenvalue weighted by Crippen LogP contribution is -2.21. The van der Waals surface area contributed by atoms with Crippen LogP contribution in [0.4, 0.5) is 35.0 Å². The average Bonchev–Trinajstić information content (AvgIpc) is 3.15. The van der Waals surface area contributed by atoms with Crippen molar-refractivity contribution in [1.29, 1.82) is 0 Å². The molecule has 2 N–H and O–H groups in total. The number of nitrogens with one attached hydrogen (secondary N) is 2. The van der Waals surface area contributed by atoms with Crippen molar-refractivity contribution in [1.82, 2.24) is 9.55 Å². The van der Waals surface area contributed by atoms with Crippen LogP contribution in [0.3, 0.4) is 0 Å². The Morgan fingerprint density at radius 1 is 1.11 bits per heavy atom. The zero-order valence-electron chi connectivity index (χ0n) is 14.0. The number of anilines is 2. The number of rotatable bonds is 4. The second kappa shape index (κ2) is 7.39. The number of alkyl halides is 3. The molecule has 28 heavy (non-hydrogen) atoms. The number of benzene rings is 2. The summed E-state index contributed by atoms with van der Waals surface area (Å²) in [6.07, 6.45) is -0.249. The first-order chi connectivity index (χ1) is 13.2. The molecule has 3 aromatic rings. The van der Waals surface area contributed by atoms with Crippen LogP contribution in [0.2, 0.25) is 0 Å². The van der Waals surface area contributed by atoms with E-state index in [9.17, 15) is 28.1 Å². The van der Waals surface area contributed by atoms with E-state index >= 15 is 0 Å². The Kier molecular flexibility index (Phi) is 4.98. The predicted molar refractivity (Wildman–Crippen MR) is 94.3 cm³/mol. The van der Waals surface area contributed by atoms with Crippen LogP contribution in [0.1, 0.15) is 5.56 Å². The smallest absolute Gasteiger partial charge is 0.308 e. The molecule has 0 aliphatic carbocycles. The highest BCUT2D eigenvalue weighted by molar-refractivity contribution is 6.01. The van der Waals surface area contributed by atoms with Gasteiger partial charge in [-0.2, -0.15) is 13.2 Å². The van der Waals surface area contributed by atoms with E-state index in [2.05, 4.69) is 15.6 Å². The summed E-state index contributed by atoms with van der Waals surface area (Å²) in [7, 11) is 0. The summed E-state index contributed by atoms with van der Waals surface area (Å²) < 4.78 is 40.5. The molecule has 1 heterocycles. The number of imidazole rings is 1. The Balaban J connectivity index is 1.85. The van der Waals surface area contributed by atoms with Crippen molar-refractivity contribution in [3.8, 4) is 5.69 Å². The molecule has 0 aliphatic heterocycles. The van der Waals surface area contributed by atoms with Crippen LogP contribution >= 0.6 is 0 Å². The molecule has 0 fully saturated rings. The summed E-state index contributed by atoms with van der Waals surface area (Å²) in [5.74, 6) is 0. The molecular weight excluding hydrogens is 379 g/mol. The maximum atomic E-state index is 13.0. The number of carbonyl (C=O) groups is 1. The molecular formula is C17H12F3N5O3. The zero-order chi connectivity index (χ0) is 20.3. The molecule has 0 unspecified atom stereocenters. The molecule has 0 radical (unpaired) electrons. The van der Waals surface area contributed by atoms with E-state index in [-0.39, 0.29) is 22.7 Å². The minimum atomic E-state index is -4.58. The van der Waals surface area contributed by atoms with Gasteiger partial charge in [0.15, 0.2) is 0 Å². The number of amides is 2. The van der Waals surface area contributed by atoms with E-state index in [1.165, 1.54) is 53.6 Å². The predicted octanol–water partition coefficient (Wildman–Crippen LogP) is 4.44. The molecule has 0 spiro atoms. The van der Waals surface area contributed by atoms with Crippen molar-refractivity contribution in [2.24, 2.45) is 0 Å². The van der Waals surface area contributed by atoms with Gasteiger partial charge in [-0.3, -0.25) is 10.1 Å². The summed E-state index contributed by atoms with van der Waals surface area (Å²) in [4.78, 5) is 26.1. The Bertz CT molecular complexity index is 1000. The molecule has 144 valence electrons. The summed E-state index contributed by atoms with van der Waals surface area (Å²) >= 11 is 0. The normalized spacial score (nSPS) is 11.1. The lowest BCUT2D eigenvalue weighted by molar-refractivity contribution is -0.384. The topological polar surface area (TPSA) is 102 Å². The first-order valence-corrected chi connectivity index (χ1v) is 7.76. The monoisotopic (exact) mass is 391 g/mol. The van der Waals surface area contributed by atoms with Crippen molar-refractivity contribution in [3.05, 3.63) is 76.9 Å². The van der Waals surface area contributed by atoms with Crippen LogP contribution in [-0.4, -0.2) is 20.5 Å². The van der Waals surface area contributed by atoms with Gasteiger partial charge in [-0.25, -0.2) is 9.78 Å². The van der Waals surface area contributed by atoms with Gasteiger partial charge in [0.2, 0.25) is 0 Å². The third-order valence-corrected chi connectivity index (χ3v) is 3.69. The van der Waals surface area contributed by atoms with Gasteiger partial charge >= 0.3 is 12.2 Å². The van der Waals surface area contributed by atoms with Gasteiger partial charge in [0.05, 0.1) is 28.2 Å². The van der Waals surface area contributed by atoms with Crippen LogP contribution in [0, 0.1) is 10.1 Å². The number of hydrogen-bond donors (Lipinski definition) is 2. The summed E-state index contributed by atoms with van der Waals surface area (Å²) in [5.41, 5.74) is -0.663. The van der Waals surface area contributed by atoms with E-state index in [0.29, 0.717) is 0 Å². The fourth-order valence-electron chi connectivity index (χ4n) is 2.39. The van der Waals surface area contributed by atoms with E-state index in [0.717, 1.165) is 12.1 Å². The molecule has 0 bridgehead atoms. The van der Waals surface area contributed by atoms with Gasteiger partial charge < -0.3 is 15.2 Å². The second-order valence-electron chi connectivity index (χ2n) is 5.58. The van der Waals surface area contributed by atoms with Gasteiger partial charge in [-0.1, -0.05) is 0 Å². The van der Waals surface area contributed by atoms with Gasteiger partial charge in [0.25, 0.3) is 5.69 Å². The fraction of sp³-hybridized carbons (Fsp3) is 0.0588. The number of halogens is 3. The molecule has 1 aromatic heterocycles. The molecule has 3 rings (SSSR count). The molecule has 8 nitrogen and oxygen atoms in total. The van der Waals surface area contributed by atoms with Gasteiger partial charge in [0, 0.05) is 30.2 Å². The lowest BCUT2D eigenvalue weighted by atomic mass is 10.1. The van der Waals surface area contributed by atoms with Crippen molar-refractivity contribution in [2.45, 2.75) is 6.18 Å². The number of aromatic nitrogens is 2. The number of non-ortho nitro benzene ring substituents is 1. The number of hydrogen-bond acceptors (Lipinski definition) is 4. The first kappa shape index (κ1) is 18.9. The number of nitro benzene ring substituents is 1. The van der Waals surface area contributed by atoms with Crippen molar-refractivity contribution >= 4 is 23.1 Å². The van der Waals surface area contributed by atoms with E-state index in [1.807, 2.05) is 0 Å².